The molecule has 1 amide bonds. The normalized spacial score (nSPS) is 13.8. The van der Waals surface area contributed by atoms with E-state index >= 15 is 0 Å². The number of carbonyl (C=O) groups is 2. The fraction of sp³-hybridized carbons (Fsp3) is 0.423. The highest BCUT2D eigenvalue weighted by Gasteiger charge is 2.32. The maximum Gasteiger partial charge on any atom is 0.303 e. The Kier molecular flexibility index (Phi) is 7.46. The Morgan fingerprint density at radius 2 is 1.92 bits per heavy atom. The van der Waals surface area contributed by atoms with Crippen LogP contribution in [0, 0.1) is 13.8 Å². The SMILES string of the molecule is CNC(=O)c1c(-c2ccc(C)cc2C)oc2nc(CS(=O)(=O)NCCCCC(=O)O)c(C3CC3)cc12. The number of hydrogen-bond acceptors (Lipinski definition) is 6. The van der Waals surface area contributed by atoms with Gasteiger partial charge in [0.15, 0.2) is 5.76 Å². The first kappa shape index (κ1) is 25.8. The van der Waals surface area contributed by atoms with Crippen molar-refractivity contribution >= 4 is 33.0 Å². The molecule has 1 aromatic carbocycles. The monoisotopic (exact) mass is 513 g/mol. The molecule has 192 valence electrons. The second-order valence-electron chi connectivity index (χ2n) is 9.36. The zero-order chi connectivity index (χ0) is 26.0. The number of hydrogen-bond donors (Lipinski definition) is 3. The summed E-state index contributed by atoms with van der Waals surface area (Å²) < 4.78 is 34.3. The predicted molar refractivity (Wildman–Crippen MR) is 136 cm³/mol. The van der Waals surface area contributed by atoms with Gasteiger partial charge in [0.2, 0.25) is 15.7 Å². The quantitative estimate of drug-likeness (QED) is 0.329. The molecule has 1 saturated carbocycles. The molecule has 0 unspecified atom stereocenters. The maximum atomic E-state index is 12.9. The van der Waals surface area contributed by atoms with Gasteiger partial charge in [-0.15, -0.1) is 0 Å². The Labute approximate surface area is 210 Å². The summed E-state index contributed by atoms with van der Waals surface area (Å²) in [4.78, 5) is 28.2. The van der Waals surface area contributed by atoms with Crippen LogP contribution in [0.2, 0.25) is 0 Å². The van der Waals surface area contributed by atoms with E-state index in [0.29, 0.717) is 35.2 Å². The van der Waals surface area contributed by atoms with E-state index in [4.69, 9.17) is 9.52 Å². The predicted octanol–water partition coefficient (Wildman–Crippen LogP) is 4.02. The van der Waals surface area contributed by atoms with Crippen molar-refractivity contribution < 1.29 is 27.5 Å². The molecule has 3 N–H and O–H groups in total. The van der Waals surface area contributed by atoms with E-state index in [-0.39, 0.29) is 36.3 Å². The van der Waals surface area contributed by atoms with Crippen LogP contribution in [-0.4, -0.2) is 44.0 Å². The molecule has 2 aromatic heterocycles. The van der Waals surface area contributed by atoms with E-state index in [1.807, 2.05) is 38.1 Å². The van der Waals surface area contributed by atoms with Gasteiger partial charge in [0.25, 0.3) is 5.91 Å². The summed E-state index contributed by atoms with van der Waals surface area (Å²) in [6, 6.07) is 7.74. The van der Waals surface area contributed by atoms with E-state index in [2.05, 4.69) is 15.0 Å². The fourth-order valence-electron chi connectivity index (χ4n) is 4.41. The van der Waals surface area contributed by atoms with Crippen LogP contribution in [0.5, 0.6) is 0 Å². The summed E-state index contributed by atoms with van der Waals surface area (Å²) >= 11 is 0. The lowest BCUT2D eigenvalue weighted by atomic mass is 9.98. The molecule has 0 saturated heterocycles. The zero-order valence-corrected chi connectivity index (χ0v) is 21.5. The van der Waals surface area contributed by atoms with Gasteiger partial charge in [0.05, 0.1) is 16.6 Å². The van der Waals surface area contributed by atoms with Gasteiger partial charge in [-0.1, -0.05) is 23.8 Å². The van der Waals surface area contributed by atoms with Crippen molar-refractivity contribution in [3.8, 4) is 11.3 Å². The molecule has 0 bridgehead atoms. The number of nitrogens with zero attached hydrogens (tertiary/aromatic N) is 1. The first-order valence-corrected chi connectivity index (χ1v) is 13.7. The molecule has 2 heterocycles. The van der Waals surface area contributed by atoms with Crippen molar-refractivity contribution in [3.05, 3.63) is 52.2 Å². The van der Waals surface area contributed by atoms with Crippen LogP contribution in [0.25, 0.3) is 22.4 Å². The number of furan rings is 1. The number of unbranched alkanes of at least 4 members (excludes halogenated alkanes) is 1. The van der Waals surface area contributed by atoms with Gasteiger partial charge < -0.3 is 14.8 Å². The molecule has 9 nitrogen and oxygen atoms in total. The zero-order valence-electron chi connectivity index (χ0n) is 20.7. The summed E-state index contributed by atoms with van der Waals surface area (Å²) in [5, 5.41) is 12.0. The molecule has 3 aromatic rings. The molecular formula is C26H31N3O6S. The number of sulfonamides is 1. The van der Waals surface area contributed by atoms with E-state index in [9.17, 15) is 18.0 Å². The number of benzene rings is 1. The molecule has 1 aliphatic carbocycles. The number of rotatable bonds is 11. The molecule has 4 rings (SSSR count). The van der Waals surface area contributed by atoms with Crippen molar-refractivity contribution in [2.45, 2.75) is 57.6 Å². The standard InChI is InChI=1S/C26H31N3O6S/c1-15-7-10-18(16(2)12-15)24-23(25(32)27-3)20-13-19(17-8-9-17)21(29-26(20)35-24)14-36(33,34)28-11-5-4-6-22(30)31/h7,10,12-13,17,28H,4-6,8-9,11,14H2,1-3H3,(H,27,32)(H,30,31). The highest BCUT2D eigenvalue weighted by molar-refractivity contribution is 7.88. The lowest BCUT2D eigenvalue weighted by molar-refractivity contribution is -0.137. The lowest BCUT2D eigenvalue weighted by Gasteiger charge is -2.10. The third-order valence-electron chi connectivity index (χ3n) is 6.36. The summed E-state index contributed by atoms with van der Waals surface area (Å²) in [6.07, 6.45) is 2.69. The van der Waals surface area contributed by atoms with Gasteiger partial charge >= 0.3 is 5.97 Å². The number of nitrogens with one attached hydrogen (secondary N) is 2. The van der Waals surface area contributed by atoms with Gasteiger partial charge in [0.1, 0.15) is 5.75 Å². The number of aromatic nitrogens is 1. The van der Waals surface area contributed by atoms with Crippen molar-refractivity contribution in [3.63, 3.8) is 0 Å². The van der Waals surface area contributed by atoms with Crippen LogP contribution in [0.1, 0.15) is 70.8 Å². The number of carbonyl (C=O) groups excluding carboxylic acids is 1. The Morgan fingerprint density at radius 1 is 1.17 bits per heavy atom. The Morgan fingerprint density at radius 3 is 2.56 bits per heavy atom. The molecular weight excluding hydrogens is 482 g/mol. The van der Waals surface area contributed by atoms with Crippen LogP contribution in [0.3, 0.4) is 0 Å². The van der Waals surface area contributed by atoms with E-state index in [1.165, 1.54) is 0 Å². The Bertz CT molecular complexity index is 1420. The number of pyridine rings is 1. The number of carboxylic acid groups (broad SMARTS) is 1. The lowest BCUT2D eigenvalue weighted by Crippen LogP contribution is -2.27. The molecule has 0 radical (unpaired) electrons. The molecule has 1 fully saturated rings. The fourth-order valence-corrected chi connectivity index (χ4v) is 5.56. The van der Waals surface area contributed by atoms with Gasteiger partial charge in [-0.05, 0) is 62.6 Å². The smallest absolute Gasteiger partial charge is 0.303 e. The first-order valence-electron chi connectivity index (χ1n) is 12.0. The van der Waals surface area contributed by atoms with E-state index in [1.54, 1.807) is 7.05 Å². The van der Waals surface area contributed by atoms with Crippen molar-refractivity contribution in [1.29, 1.82) is 0 Å². The summed E-state index contributed by atoms with van der Waals surface area (Å²) in [5.74, 6) is -0.912. The third-order valence-corrected chi connectivity index (χ3v) is 7.66. The topological polar surface area (TPSA) is 139 Å². The Balaban J connectivity index is 1.72. The second-order valence-corrected chi connectivity index (χ2v) is 11.2. The average Bonchev–Trinajstić information content (AvgIpc) is 3.58. The highest BCUT2D eigenvalue weighted by Crippen LogP contribution is 2.44. The van der Waals surface area contributed by atoms with Crippen molar-refractivity contribution in [1.82, 2.24) is 15.0 Å². The summed E-state index contributed by atoms with van der Waals surface area (Å²) in [5.41, 5.74) is 4.66. The summed E-state index contributed by atoms with van der Waals surface area (Å²) in [7, 11) is -2.14. The molecule has 0 spiro atoms. The van der Waals surface area contributed by atoms with Gasteiger partial charge in [-0.25, -0.2) is 18.1 Å². The molecule has 36 heavy (non-hydrogen) atoms. The first-order chi connectivity index (χ1) is 17.1. The molecule has 1 aliphatic rings. The third kappa shape index (κ3) is 5.76. The van der Waals surface area contributed by atoms with Gasteiger partial charge in [-0.3, -0.25) is 9.59 Å². The number of carboxylic acids is 1. The highest BCUT2D eigenvalue weighted by atomic mass is 32.2. The number of aryl methyl sites for hydroxylation is 2. The van der Waals surface area contributed by atoms with Crippen LogP contribution < -0.4 is 10.0 Å². The average molecular weight is 514 g/mol. The second kappa shape index (κ2) is 10.4. The van der Waals surface area contributed by atoms with Gasteiger partial charge in [-0.2, -0.15) is 0 Å². The van der Waals surface area contributed by atoms with Crippen LogP contribution in [-0.2, 0) is 20.6 Å². The van der Waals surface area contributed by atoms with Gasteiger partial charge in [0, 0.05) is 25.6 Å². The van der Waals surface area contributed by atoms with E-state index in [0.717, 1.165) is 35.1 Å². The van der Waals surface area contributed by atoms with Crippen LogP contribution >= 0.6 is 0 Å². The van der Waals surface area contributed by atoms with Crippen molar-refractivity contribution in [2.24, 2.45) is 0 Å². The van der Waals surface area contributed by atoms with Crippen molar-refractivity contribution in [2.75, 3.05) is 13.6 Å². The minimum Gasteiger partial charge on any atom is -0.481 e. The Hall–Kier alpha value is -3.24. The van der Waals surface area contributed by atoms with Crippen LogP contribution in [0.15, 0.2) is 28.7 Å². The minimum absolute atomic E-state index is 0.000728. The van der Waals surface area contributed by atoms with E-state index < -0.39 is 16.0 Å². The molecule has 0 aliphatic heterocycles. The molecule has 0 atom stereocenters. The number of fused-ring (bicyclic) bond motifs is 1. The minimum atomic E-state index is -3.70. The number of aliphatic carboxylic acids is 1. The maximum absolute atomic E-state index is 12.9. The van der Waals surface area contributed by atoms with Crippen LogP contribution in [0.4, 0.5) is 0 Å². The number of amides is 1. The molecule has 10 heteroatoms. The summed E-state index contributed by atoms with van der Waals surface area (Å²) in [6.45, 7) is 4.10. The largest absolute Gasteiger partial charge is 0.481 e.